The van der Waals surface area contributed by atoms with Crippen LogP contribution in [0.5, 0.6) is 5.88 Å². The fraction of sp³-hybridized carbons (Fsp3) is 0.200. The number of hydrogen-bond donors (Lipinski definition) is 2. The summed E-state index contributed by atoms with van der Waals surface area (Å²) in [6.07, 6.45) is 0. The molecular formula is C5H6N2O4S. The summed E-state index contributed by atoms with van der Waals surface area (Å²) in [5, 5.41) is -0.133. The summed E-state index contributed by atoms with van der Waals surface area (Å²) in [6, 6.07) is 1.18. The van der Waals surface area contributed by atoms with Crippen molar-refractivity contribution in [2.24, 2.45) is 0 Å². The molecule has 1 unspecified atom stereocenters. The molecule has 1 atom stereocenters. The van der Waals surface area contributed by atoms with Crippen molar-refractivity contribution in [2.45, 2.75) is 5.03 Å². The first-order chi connectivity index (χ1) is 5.63. The van der Waals surface area contributed by atoms with Gasteiger partial charge in [-0.2, -0.15) is 4.98 Å². The van der Waals surface area contributed by atoms with Crippen LogP contribution in [-0.2, 0) is 11.1 Å². The van der Waals surface area contributed by atoms with E-state index >= 15 is 0 Å². The smallest absolute Gasteiger partial charge is 0.349 e. The van der Waals surface area contributed by atoms with Crippen molar-refractivity contribution >= 4 is 11.1 Å². The van der Waals surface area contributed by atoms with E-state index in [-0.39, 0.29) is 10.9 Å². The Morgan fingerprint density at radius 1 is 1.75 bits per heavy atom. The van der Waals surface area contributed by atoms with Crippen LogP contribution < -0.4 is 10.4 Å². The van der Waals surface area contributed by atoms with Crippen LogP contribution in [0.15, 0.2) is 15.9 Å². The van der Waals surface area contributed by atoms with E-state index in [9.17, 15) is 9.00 Å². The van der Waals surface area contributed by atoms with Gasteiger partial charge in [-0.3, -0.25) is 4.98 Å². The predicted octanol–water partition coefficient (Wildman–Crippen LogP) is -0.641. The molecule has 0 spiro atoms. The van der Waals surface area contributed by atoms with Gasteiger partial charge in [0.25, 0.3) is 0 Å². The summed E-state index contributed by atoms with van der Waals surface area (Å²) in [5.74, 6) is 0.0103. The molecule has 0 aromatic carbocycles. The van der Waals surface area contributed by atoms with Gasteiger partial charge in [0.15, 0.2) is 0 Å². The van der Waals surface area contributed by atoms with E-state index in [0.29, 0.717) is 0 Å². The lowest BCUT2D eigenvalue weighted by atomic mass is 10.6. The molecule has 1 heterocycles. The van der Waals surface area contributed by atoms with Crippen LogP contribution in [0.3, 0.4) is 0 Å². The molecule has 0 saturated heterocycles. The lowest BCUT2D eigenvalue weighted by Crippen LogP contribution is -2.13. The van der Waals surface area contributed by atoms with E-state index in [1.807, 2.05) is 0 Å². The minimum atomic E-state index is -2.23. The van der Waals surface area contributed by atoms with Crippen LogP contribution >= 0.6 is 0 Å². The molecule has 0 aliphatic rings. The molecule has 1 aromatic rings. The van der Waals surface area contributed by atoms with E-state index in [2.05, 4.69) is 14.7 Å². The van der Waals surface area contributed by atoms with Gasteiger partial charge in [-0.1, -0.05) is 0 Å². The fourth-order valence-electron chi connectivity index (χ4n) is 0.613. The molecule has 0 saturated carbocycles. The lowest BCUT2D eigenvalue weighted by molar-refractivity contribution is 0.392. The Labute approximate surface area is 69.9 Å². The molecule has 7 heteroatoms. The van der Waals surface area contributed by atoms with Gasteiger partial charge < -0.3 is 9.29 Å². The van der Waals surface area contributed by atoms with Gasteiger partial charge in [-0.25, -0.2) is 9.00 Å². The summed E-state index contributed by atoms with van der Waals surface area (Å²) < 4.78 is 23.7. The lowest BCUT2D eigenvalue weighted by Gasteiger charge is -1.97. The largest absolute Gasteiger partial charge is 0.481 e. The number of methoxy groups -OCH3 is 1. The molecule has 12 heavy (non-hydrogen) atoms. The molecule has 2 N–H and O–H groups in total. The Morgan fingerprint density at radius 3 is 2.92 bits per heavy atom. The highest BCUT2D eigenvalue weighted by Crippen LogP contribution is 2.05. The SMILES string of the molecule is COc1cc(S(=O)O)[nH]c(=O)n1. The van der Waals surface area contributed by atoms with Crippen LogP contribution in [0.2, 0.25) is 0 Å². The van der Waals surface area contributed by atoms with Crippen molar-refractivity contribution in [3.63, 3.8) is 0 Å². The van der Waals surface area contributed by atoms with Crippen molar-refractivity contribution in [3.8, 4) is 5.88 Å². The van der Waals surface area contributed by atoms with Crippen molar-refractivity contribution in [3.05, 3.63) is 16.6 Å². The summed E-state index contributed by atoms with van der Waals surface area (Å²) in [4.78, 5) is 16.1. The van der Waals surface area contributed by atoms with E-state index in [0.717, 1.165) is 0 Å². The molecular weight excluding hydrogens is 184 g/mol. The third kappa shape index (κ3) is 1.89. The normalized spacial score (nSPS) is 12.5. The molecule has 0 radical (unpaired) electrons. The van der Waals surface area contributed by atoms with Crippen LogP contribution in [0.25, 0.3) is 0 Å². The topological polar surface area (TPSA) is 92.3 Å². The standard InChI is InChI=1S/C5H6N2O4S/c1-11-3-2-4(12(9)10)7-5(8)6-3/h2H,1H3,(H,9,10)(H,6,7,8). The van der Waals surface area contributed by atoms with Gasteiger partial charge in [0, 0.05) is 6.07 Å². The van der Waals surface area contributed by atoms with E-state index < -0.39 is 16.8 Å². The Morgan fingerprint density at radius 2 is 2.42 bits per heavy atom. The number of aromatic amines is 1. The third-order valence-electron chi connectivity index (χ3n) is 1.09. The number of nitrogens with zero attached hydrogens (tertiary/aromatic N) is 1. The minimum absolute atomic E-state index is 0.0103. The van der Waals surface area contributed by atoms with Crippen LogP contribution in [0.1, 0.15) is 0 Å². The Hall–Kier alpha value is -1.21. The highest BCUT2D eigenvalue weighted by atomic mass is 32.2. The molecule has 66 valence electrons. The van der Waals surface area contributed by atoms with Crippen molar-refractivity contribution in [1.29, 1.82) is 0 Å². The second kappa shape index (κ2) is 3.46. The molecule has 0 amide bonds. The number of ether oxygens (including phenoxy) is 1. The van der Waals surface area contributed by atoms with Gasteiger partial charge in [0.1, 0.15) is 5.03 Å². The second-order valence-corrected chi connectivity index (χ2v) is 2.78. The summed E-state index contributed by atoms with van der Waals surface area (Å²) >= 11 is -2.23. The van der Waals surface area contributed by atoms with Crippen LogP contribution in [0, 0.1) is 0 Å². The molecule has 0 bridgehead atoms. The number of rotatable bonds is 2. The van der Waals surface area contributed by atoms with Gasteiger partial charge in [-0.05, 0) is 0 Å². The first-order valence-corrected chi connectivity index (χ1v) is 4.00. The zero-order valence-electron chi connectivity index (χ0n) is 6.10. The molecule has 0 aliphatic heterocycles. The van der Waals surface area contributed by atoms with Gasteiger partial charge in [0.2, 0.25) is 17.0 Å². The molecule has 0 fully saturated rings. The van der Waals surface area contributed by atoms with Crippen LogP contribution in [0.4, 0.5) is 0 Å². The fourth-order valence-corrected chi connectivity index (χ4v) is 0.989. The number of aromatic nitrogens is 2. The number of nitrogens with one attached hydrogen (secondary N) is 1. The van der Waals surface area contributed by atoms with E-state index in [1.165, 1.54) is 13.2 Å². The van der Waals surface area contributed by atoms with E-state index in [4.69, 9.17) is 4.55 Å². The highest BCUT2D eigenvalue weighted by Gasteiger charge is 2.04. The zero-order chi connectivity index (χ0) is 9.14. The molecule has 0 aliphatic carbocycles. The van der Waals surface area contributed by atoms with Crippen molar-refractivity contribution < 1.29 is 13.5 Å². The summed E-state index contributed by atoms with van der Waals surface area (Å²) in [7, 11) is 1.31. The second-order valence-electron chi connectivity index (χ2n) is 1.84. The monoisotopic (exact) mass is 190 g/mol. The summed E-state index contributed by atoms with van der Waals surface area (Å²) in [5.41, 5.74) is -0.716. The van der Waals surface area contributed by atoms with Gasteiger partial charge in [-0.15, -0.1) is 0 Å². The maximum absolute atomic E-state index is 10.7. The zero-order valence-corrected chi connectivity index (χ0v) is 6.92. The average Bonchev–Trinajstić information content (AvgIpc) is 2.03. The van der Waals surface area contributed by atoms with Crippen LogP contribution in [-0.4, -0.2) is 25.8 Å². The van der Waals surface area contributed by atoms with E-state index in [1.54, 1.807) is 0 Å². The molecule has 6 nitrogen and oxygen atoms in total. The third-order valence-corrected chi connectivity index (χ3v) is 1.69. The maximum Gasteiger partial charge on any atom is 0.349 e. The molecule has 1 rings (SSSR count). The summed E-state index contributed by atoms with van der Waals surface area (Å²) in [6.45, 7) is 0. The number of hydrogen-bond acceptors (Lipinski definition) is 4. The quantitative estimate of drug-likeness (QED) is 0.478. The minimum Gasteiger partial charge on any atom is -0.481 e. The maximum atomic E-state index is 10.7. The first kappa shape index (κ1) is 8.88. The molecule has 1 aromatic heterocycles. The van der Waals surface area contributed by atoms with Gasteiger partial charge >= 0.3 is 5.69 Å². The first-order valence-electron chi connectivity index (χ1n) is 2.89. The average molecular weight is 190 g/mol. The van der Waals surface area contributed by atoms with Crippen molar-refractivity contribution in [1.82, 2.24) is 9.97 Å². The Bertz CT molecular complexity index is 361. The predicted molar refractivity (Wildman–Crippen MR) is 40.4 cm³/mol. The van der Waals surface area contributed by atoms with Crippen molar-refractivity contribution in [2.75, 3.05) is 7.11 Å². The number of H-pyrrole nitrogens is 1. The van der Waals surface area contributed by atoms with Gasteiger partial charge in [0.05, 0.1) is 7.11 Å². The Balaban J connectivity index is 3.24. The Kier molecular flexibility index (Phi) is 2.56. The highest BCUT2D eigenvalue weighted by molar-refractivity contribution is 7.79.